The van der Waals surface area contributed by atoms with Gasteiger partial charge in [0, 0.05) is 29.4 Å². The summed E-state index contributed by atoms with van der Waals surface area (Å²) in [5, 5.41) is 6.66. The first-order valence-electron chi connectivity index (χ1n) is 11.7. The topological polar surface area (TPSA) is 54.0 Å². The largest absolute Gasteiger partial charge is 0.367 e. The van der Waals surface area contributed by atoms with Gasteiger partial charge in [-0.15, -0.1) is 0 Å². The third kappa shape index (κ3) is 4.68. The van der Waals surface area contributed by atoms with Gasteiger partial charge in [0.1, 0.15) is 5.82 Å². The number of aromatic nitrogens is 1. The average molecular weight is 418 g/mol. The molecular weight excluding hydrogens is 382 g/mol. The molecule has 0 unspecified atom stereocenters. The van der Waals surface area contributed by atoms with E-state index >= 15 is 0 Å². The van der Waals surface area contributed by atoms with Gasteiger partial charge in [0.25, 0.3) is 0 Å². The first-order valence-corrected chi connectivity index (χ1v) is 11.7. The Hall–Kier alpha value is -2.62. The van der Waals surface area contributed by atoms with Gasteiger partial charge in [-0.05, 0) is 112 Å². The summed E-state index contributed by atoms with van der Waals surface area (Å²) in [4.78, 5) is 17.2. The van der Waals surface area contributed by atoms with Crippen LogP contribution >= 0.6 is 0 Å². The Morgan fingerprint density at radius 2 is 1.58 bits per heavy atom. The lowest BCUT2D eigenvalue weighted by Crippen LogP contribution is -2.25. The number of anilines is 1. The fourth-order valence-corrected chi connectivity index (χ4v) is 4.71. The summed E-state index contributed by atoms with van der Waals surface area (Å²) >= 11 is 0. The molecule has 4 rings (SSSR count). The van der Waals surface area contributed by atoms with Crippen LogP contribution in [0.3, 0.4) is 0 Å². The van der Waals surface area contributed by atoms with Crippen LogP contribution < -0.4 is 10.6 Å². The normalized spacial score (nSPS) is 17.1. The van der Waals surface area contributed by atoms with E-state index in [9.17, 15) is 4.79 Å². The molecular formula is C27H35N3O. The van der Waals surface area contributed by atoms with Crippen LogP contribution in [0.2, 0.25) is 0 Å². The Labute approximate surface area is 186 Å². The molecule has 2 saturated carbocycles. The van der Waals surface area contributed by atoms with Gasteiger partial charge in [-0.3, -0.25) is 4.79 Å². The van der Waals surface area contributed by atoms with E-state index in [0.29, 0.717) is 12.1 Å². The summed E-state index contributed by atoms with van der Waals surface area (Å²) in [5.41, 5.74) is 9.30. The molecule has 0 saturated heterocycles. The molecule has 31 heavy (non-hydrogen) atoms. The number of pyridine rings is 1. The zero-order valence-corrected chi connectivity index (χ0v) is 19.6. The van der Waals surface area contributed by atoms with Crippen molar-refractivity contribution in [2.45, 2.75) is 85.2 Å². The molecule has 1 aromatic carbocycles. The van der Waals surface area contributed by atoms with Gasteiger partial charge in [0.05, 0.1) is 0 Å². The van der Waals surface area contributed by atoms with Crippen molar-refractivity contribution in [2.24, 2.45) is 0 Å². The van der Waals surface area contributed by atoms with Crippen molar-refractivity contribution in [3.63, 3.8) is 0 Å². The van der Waals surface area contributed by atoms with Crippen molar-refractivity contribution in [2.75, 3.05) is 5.32 Å². The average Bonchev–Trinajstić information content (AvgIpc) is 3.43. The third-order valence-corrected chi connectivity index (χ3v) is 7.07. The van der Waals surface area contributed by atoms with E-state index in [4.69, 9.17) is 4.98 Å². The number of rotatable bonds is 6. The maximum atomic E-state index is 12.4. The van der Waals surface area contributed by atoms with Gasteiger partial charge in [0.15, 0.2) is 0 Å². The van der Waals surface area contributed by atoms with E-state index in [1.807, 2.05) is 13.1 Å². The van der Waals surface area contributed by atoms with Crippen LogP contribution in [0, 0.1) is 27.7 Å². The zero-order valence-electron chi connectivity index (χ0n) is 19.6. The Balaban J connectivity index is 1.62. The van der Waals surface area contributed by atoms with Crippen molar-refractivity contribution in [3.8, 4) is 11.1 Å². The van der Waals surface area contributed by atoms with E-state index in [1.54, 1.807) is 0 Å². The second-order valence-electron chi connectivity index (χ2n) is 9.42. The molecule has 2 aliphatic carbocycles. The van der Waals surface area contributed by atoms with Crippen LogP contribution in [0.4, 0.5) is 5.82 Å². The highest BCUT2D eigenvalue weighted by molar-refractivity contribution is 5.98. The lowest BCUT2D eigenvalue weighted by molar-refractivity contribution is -0.117. The highest BCUT2D eigenvalue weighted by Crippen LogP contribution is 2.35. The quantitative estimate of drug-likeness (QED) is 0.565. The number of amides is 1. The molecule has 2 aromatic rings. The number of nitrogens with zero attached hydrogens (tertiary/aromatic N) is 1. The number of hydrogen-bond donors (Lipinski definition) is 2. The van der Waals surface area contributed by atoms with Gasteiger partial charge in [-0.25, -0.2) is 4.98 Å². The van der Waals surface area contributed by atoms with Gasteiger partial charge >= 0.3 is 0 Å². The Kier molecular flexibility index (Phi) is 6.17. The summed E-state index contributed by atoms with van der Waals surface area (Å²) in [6.07, 6.45) is 11.4. The highest BCUT2D eigenvalue weighted by atomic mass is 16.1. The molecule has 1 amide bonds. The van der Waals surface area contributed by atoms with Gasteiger partial charge in [0.2, 0.25) is 5.91 Å². The first-order chi connectivity index (χ1) is 14.8. The summed E-state index contributed by atoms with van der Waals surface area (Å²) in [6.45, 7) is 10.6. The molecule has 4 heteroatoms. The molecule has 0 radical (unpaired) electrons. The Morgan fingerprint density at radius 1 is 0.935 bits per heavy atom. The van der Waals surface area contributed by atoms with Crippen LogP contribution in [0.15, 0.2) is 23.9 Å². The summed E-state index contributed by atoms with van der Waals surface area (Å²) in [7, 11) is 0. The zero-order chi connectivity index (χ0) is 22.1. The fraction of sp³-hybridized carbons (Fsp3) is 0.481. The predicted octanol–water partition coefficient (Wildman–Crippen LogP) is 6.02. The van der Waals surface area contributed by atoms with Crippen LogP contribution in [0.1, 0.15) is 73.3 Å². The second-order valence-corrected chi connectivity index (χ2v) is 9.42. The molecule has 2 aliphatic rings. The standard InChI is InChI=1S/C27H35N3O/c1-16(27(31)30-23-11-12-23)14-24-17(2)19(4)26(20(5)18(24)3)21-10-13-25(28-15-21)29-22-8-6-7-9-22/h10,13-15,22-23H,6-9,11-12H2,1-5H3,(H,28,29)(H,30,31)/b16-14+. The maximum absolute atomic E-state index is 12.4. The Morgan fingerprint density at radius 3 is 2.13 bits per heavy atom. The molecule has 0 spiro atoms. The number of benzene rings is 1. The lowest BCUT2D eigenvalue weighted by atomic mass is 9.85. The molecule has 1 aromatic heterocycles. The minimum Gasteiger partial charge on any atom is -0.367 e. The van der Waals surface area contributed by atoms with Crippen molar-refractivity contribution in [1.82, 2.24) is 10.3 Å². The number of nitrogens with one attached hydrogen (secondary N) is 2. The molecule has 1 heterocycles. The van der Waals surface area contributed by atoms with Crippen LogP contribution in [0.5, 0.6) is 0 Å². The van der Waals surface area contributed by atoms with Crippen LogP contribution in [-0.4, -0.2) is 23.0 Å². The van der Waals surface area contributed by atoms with Gasteiger partial charge in [-0.2, -0.15) is 0 Å². The first kappa shape index (κ1) is 21.6. The van der Waals surface area contributed by atoms with E-state index in [2.05, 4.69) is 56.5 Å². The molecule has 164 valence electrons. The molecule has 0 bridgehead atoms. The molecule has 2 fully saturated rings. The molecule has 2 N–H and O–H groups in total. The second kappa shape index (κ2) is 8.86. The highest BCUT2D eigenvalue weighted by Gasteiger charge is 2.24. The summed E-state index contributed by atoms with van der Waals surface area (Å²) in [6, 6.07) is 5.24. The lowest BCUT2D eigenvalue weighted by Gasteiger charge is -2.20. The fourth-order valence-electron chi connectivity index (χ4n) is 4.71. The van der Waals surface area contributed by atoms with Crippen molar-refractivity contribution >= 4 is 17.8 Å². The van der Waals surface area contributed by atoms with Gasteiger partial charge in [-0.1, -0.05) is 12.8 Å². The van der Waals surface area contributed by atoms with Gasteiger partial charge < -0.3 is 10.6 Å². The van der Waals surface area contributed by atoms with Crippen LogP contribution in [-0.2, 0) is 4.79 Å². The minimum atomic E-state index is 0.0511. The van der Waals surface area contributed by atoms with Crippen molar-refractivity contribution in [3.05, 3.63) is 51.7 Å². The van der Waals surface area contributed by atoms with Crippen molar-refractivity contribution in [1.29, 1.82) is 0 Å². The smallest absolute Gasteiger partial charge is 0.247 e. The number of hydrogen-bond acceptors (Lipinski definition) is 3. The Bertz CT molecular complexity index is 981. The van der Waals surface area contributed by atoms with E-state index in [0.717, 1.165) is 35.4 Å². The summed E-state index contributed by atoms with van der Waals surface area (Å²) in [5.74, 6) is 1.02. The minimum absolute atomic E-state index is 0.0511. The van der Waals surface area contributed by atoms with Crippen molar-refractivity contribution < 1.29 is 4.79 Å². The predicted molar refractivity (Wildman–Crippen MR) is 129 cm³/mol. The van der Waals surface area contributed by atoms with E-state index < -0.39 is 0 Å². The molecule has 4 nitrogen and oxygen atoms in total. The third-order valence-electron chi connectivity index (χ3n) is 7.07. The molecule has 0 aliphatic heterocycles. The maximum Gasteiger partial charge on any atom is 0.247 e. The number of carbonyl (C=O) groups is 1. The SMILES string of the molecule is C/C(=C\c1c(C)c(C)c(-c2ccc(NC3CCCC3)nc2)c(C)c1C)C(=O)NC1CC1. The van der Waals surface area contributed by atoms with E-state index in [-0.39, 0.29) is 5.91 Å². The monoisotopic (exact) mass is 417 g/mol. The van der Waals surface area contributed by atoms with E-state index in [1.165, 1.54) is 53.5 Å². The summed E-state index contributed by atoms with van der Waals surface area (Å²) < 4.78 is 0. The number of carbonyl (C=O) groups excluding carboxylic acids is 1. The molecule has 0 atom stereocenters. The van der Waals surface area contributed by atoms with Crippen LogP contribution in [0.25, 0.3) is 17.2 Å².